The van der Waals surface area contributed by atoms with Crippen LogP contribution in [0.2, 0.25) is 0 Å². The Labute approximate surface area is 113 Å². The highest BCUT2D eigenvalue weighted by Crippen LogP contribution is 2.12. The van der Waals surface area contributed by atoms with Gasteiger partial charge >= 0.3 is 0 Å². The fourth-order valence-corrected chi connectivity index (χ4v) is 1.96. The predicted molar refractivity (Wildman–Crippen MR) is 71.8 cm³/mol. The molecule has 5 nitrogen and oxygen atoms in total. The Hall–Kier alpha value is -1.59. The van der Waals surface area contributed by atoms with Crippen LogP contribution < -0.4 is 10.2 Å². The van der Waals surface area contributed by atoms with Gasteiger partial charge < -0.3 is 9.47 Å². The maximum atomic E-state index is 11.8. The summed E-state index contributed by atoms with van der Waals surface area (Å²) in [7, 11) is 1.64. The summed E-state index contributed by atoms with van der Waals surface area (Å²) < 4.78 is 10.3. The molecule has 1 aliphatic rings. The number of nitrogens with zero attached hydrogens (tertiary/aromatic N) is 1. The number of hydrogen-bond donors (Lipinski definition) is 1. The van der Waals surface area contributed by atoms with Crippen molar-refractivity contribution in [2.45, 2.75) is 12.8 Å². The monoisotopic (exact) mass is 264 g/mol. The van der Waals surface area contributed by atoms with Gasteiger partial charge in [-0.15, -0.1) is 0 Å². The number of amides is 1. The molecule has 1 aliphatic heterocycles. The van der Waals surface area contributed by atoms with Crippen LogP contribution in [0, 0.1) is 0 Å². The van der Waals surface area contributed by atoms with E-state index in [2.05, 4.69) is 5.43 Å². The van der Waals surface area contributed by atoms with E-state index in [1.807, 2.05) is 29.3 Å². The number of ether oxygens (including phenoxy) is 2. The summed E-state index contributed by atoms with van der Waals surface area (Å²) in [5.74, 6) is 0.888. The van der Waals surface area contributed by atoms with Crippen LogP contribution in [0.25, 0.3) is 0 Å². The molecule has 1 amide bonds. The molecule has 0 spiro atoms. The molecule has 0 bridgehead atoms. The molecule has 0 radical (unpaired) electrons. The van der Waals surface area contributed by atoms with Gasteiger partial charge in [0.1, 0.15) is 5.75 Å². The Bertz CT molecular complexity index is 400. The summed E-state index contributed by atoms with van der Waals surface area (Å²) in [5.41, 5.74) is 4.04. The number of aryl methyl sites for hydroxylation is 1. The molecule has 1 aromatic rings. The standard InChI is InChI=1S/C14H20N2O3/c1-18-13-5-2-12(3-6-13)4-7-14(17)15-16-8-10-19-11-9-16/h2-3,5-6H,4,7-11H2,1H3,(H,15,17). The number of methoxy groups -OCH3 is 1. The lowest BCUT2D eigenvalue weighted by Crippen LogP contribution is -2.48. The first kappa shape index (κ1) is 13.8. The number of hydrazine groups is 1. The number of morpholine rings is 1. The SMILES string of the molecule is COc1ccc(CCC(=O)NN2CCOCC2)cc1. The zero-order valence-electron chi connectivity index (χ0n) is 11.2. The van der Waals surface area contributed by atoms with E-state index in [1.54, 1.807) is 7.11 Å². The van der Waals surface area contributed by atoms with Gasteiger partial charge in [0.05, 0.1) is 20.3 Å². The summed E-state index contributed by atoms with van der Waals surface area (Å²) in [6, 6.07) is 7.80. The molecule has 19 heavy (non-hydrogen) atoms. The van der Waals surface area contributed by atoms with Gasteiger partial charge in [0.25, 0.3) is 0 Å². The lowest BCUT2D eigenvalue weighted by Gasteiger charge is -2.26. The molecule has 1 aromatic carbocycles. The third-order valence-corrected chi connectivity index (χ3v) is 3.09. The van der Waals surface area contributed by atoms with Crippen LogP contribution >= 0.6 is 0 Å². The van der Waals surface area contributed by atoms with Crippen molar-refractivity contribution in [1.29, 1.82) is 0 Å². The summed E-state index contributed by atoms with van der Waals surface area (Å²) in [6.45, 7) is 2.88. The Morgan fingerprint density at radius 1 is 1.32 bits per heavy atom. The number of rotatable bonds is 5. The second-order valence-electron chi connectivity index (χ2n) is 4.48. The van der Waals surface area contributed by atoms with Crippen LogP contribution in [-0.4, -0.2) is 44.3 Å². The van der Waals surface area contributed by atoms with Gasteiger partial charge in [-0.05, 0) is 24.1 Å². The molecular formula is C14H20N2O3. The third-order valence-electron chi connectivity index (χ3n) is 3.09. The molecule has 1 fully saturated rings. The van der Waals surface area contributed by atoms with Crippen LogP contribution in [0.5, 0.6) is 5.75 Å². The maximum absolute atomic E-state index is 11.8. The van der Waals surface area contributed by atoms with E-state index in [0.717, 1.165) is 30.8 Å². The molecule has 0 saturated carbocycles. The van der Waals surface area contributed by atoms with Crippen molar-refractivity contribution >= 4 is 5.91 Å². The Morgan fingerprint density at radius 3 is 2.63 bits per heavy atom. The van der Waals surface area contributed by atoms with Crippen LogP contribution in [0.15, 0.2) is 24.3 Å². The number of nitrogens with one attached hydrogen (secondary N) is 1. The summed E-state index contributed by atoms with van der Waals surface area (Å²) in [4.78, 5) is 11.8. The van der Waals surface area contributed by atoms with E-state index in [4.69, 9.17) is 9.47 Å². The lowest BCUT2D eigenvalue weighted by atomic mass is 10.1. The quantitative estimate of drug-likeness (QED) is 0.861. The topological polar surface area (TPSA) is 50.8 Å². The van der Waals surface area contributed by atoms with E-state index >= 15 is 0 Å². The lowest BCUT2D eigenvalue weighted by molar-refractivity contribution is -0.127. The van der Waals surface area contributed by atoms with Crippen molar-refractivity contribution in [3.63, 3.8) is 0 Å². The van der Waals surface area contributed by atoms with Gasteiger partial charge in [-0.2, -0.15) is 0 Å². The molecule has 0 aromatic heterocycles. The van der Waals surface area contributed by atoms with Gasteiger partial charge in [0.15, 0.2) is 0 Å². The zero-order chi connectivity index (χ0) is 13.5. The van der Waals surface area contributed by atoms with E-state index in [9.17, 15) is 4.79 Å². The van der Waals surface area contributed by atoms with Gasteiger partial charge in [0, 0.05) is 19.5 Å². The fraction of sp³-hybridized carbons (Fsp3) is 0.500. The number of carbonyl (C=O) groups excluding carboxylic acids is 1. The Kier molecular flexibility index (Phi) is 5.18. The molecule has 1 heterocycles. The molecule has 104 valence electrons. The normalized spacial score (nSPS) is 16.1. The van der Waals surface area contributed by atoms with Crippen LogP contribution in [-0.2, 0) is 16.0 Å². The summed E-state index contributed by atoms with van der Waals surface area (Å²) in [5, 5.41) is 1.92. The first-order valence-corrected chi connectivity index (χ1v) is 6.53. The van der Waals surface area contributed by atoms with E-state index in [0.29, 0.717) is 19.6 Å². The first-order valence-electron chi connectivity index (χ1n) is 6.53. The van der Waals surface area contributed by atoms with Crippen LogP contribution in [0.1, 0.15) is 12.0 Å². The maximum Gasteiger partial charge on any atom is 0.234 e. The van der Waals surface area contributed by atoms with Crippen molar-refractivity contribution in [2.75, 3.05) is 33.4 Å². The second-order valence-corrected chi connectivity index (χ2v) is 4.48. The van der Waals surface area contributed by atoms with Crippen molar-refractivity contribution in [1.82, 2.24) is 10.4 Å². The average molecular weight is 264 g/mol. The predicted octanol–water partition coefficient (Wildman–Crippen LogP) is 0.991. The number of benzene rings is 1. The number of hydrogen-bond acceptors (Lipinski definition) is 4. The van der Waals surface area contributed by atoms with Gasteiger partial charge in [0.2, 0.25) is 5.91 Å². The first-order chi connectivity index (χ1) is 9.28. The number of carbonyl (C=O) groups is 1. The molecule has 2 rings (SSSR count). The second kappa shape index (κ2) is 7.11. The van der Waals surface area contributed by atoms with Crippen LogP contribution in [0.3, 0.4) is 0 Å². The third kappa shape index (κ3) is 4.54. The minimum absolute atomic E-state index is 0.0534. The molecule has 5 heteroatoms. The van der Waals surface area contributed by atoms with E-state index < -0.39 is 0 Å². The van der Waals surface area contributed by atoms with Gasteiger partial charge in [-0.25, -0.2) is 5.01 Å². The highest BCUT2D eigenvalue weighted by atomic mass is 16.5. The molecule has 1 saturated heterocycles. The highest BCUT2D eigenvalue weighted by Gasteiger charge is 2.12. The smallest absolute Gasteiger partial charge is 0.234 e. The average Bonchev–Trinajstić information content (AvgIpc) is 2.47. The molecular weight excluding hydrogens is 244 g/mol. The van der Waals surface area contributed by atoms with Crippen molar-refractivity contribution in [3.8, 4) is 5.75 Å². The zero-order valence-corrected chi connectivity index (χ0v) is 11.2. The minimum Gasteiger partial charge on any atom is -0.497 e. The van der Waals surface area contributed by atoms with Gasteiger partial charge in [-0.1, -0.05) is 12.1 Å². The Balaban J connectivity index is 1.72. The summed E-state index contributed by atoms with van der Waals surface area (Å²) in [6.07, 6.45) is 1.23. The highest BCUT2D eigenvalue weighted by molar-refractivity contribution is 5.75. The fourth-order valence-electron chi connectivity index (χ4n) is 1.96. The van der Waals surface area contributed by atoms with E-state index in [-0.39, 0.29) is 5.91 Å². The van der Waals surface area contributed by atoms with Crippen molar-refractivity contribution in [2.24, 2.45) is 0 Å². The van der Waals surface area contributed by atoms with Crippen LogP contribution in [0.4, 0.5) is 0 Å². The van der Waals surface area contributed by atoms with Crippen molar-refractivity contribution in [3.05, 3.63) is 29.8 Å². The molecule has 0 atom stereocenters. The molecule has 0 unspecified atom stereocenters. The van der Waals surface area contributed by atoms with E-state index in [1.165, 1.54) is 0 Å². The minimum atomic E-state index is 0.0534. The largest absolute Gasteiger partial charge is 0.497 e. The Morgan fingerprint density at radius 2 is 2.00 bits per heavy atom. The van der Waals surface area contributed by atoms with Crippen molar-refractivity contribution < 1.29 is 14.3 Å². The van der Waals surface area contributed by atoms with Gasteiger partial charge in [-0.3, -0.25) is 10.2 Å². The molecule has 0 aliphatic carbocycles. The molecule has 1 N–H and O–H groups in total. The summed E-state index contributed by atoms with van der Waals surface area (Å²) >= 11 is 0.